The van der Waals surface area contributed by atoms with Crippen molar-refractivity contribution in [2.24, 2.45) is 10.4 Å². The Bertz CT molecular complexity index is 649. The minimum atomic E-state index is 0.370. The van der Waals surface area contributed by atoms with Gasteiger partial charge in [0.05, 0.1) is 6.61 Å². The molecule has 7 nitrogen and oxygen atoms in total. The predicted octanol–water partition coefficient (Wildman–Crippen LogP) is 2.01. The molecule has 1 atom stereocenters. The number of rotatable bonds is 5. The van der Waals surface area contributed by atoms with E-state index in [2.05, 4.69) is 31.9 Å². The van der Waals surface area contributed by atoms with Gasteiger partial charge in [-0.05, 0) is 39.0 Å². The average Bonchev–Trinajstić information content (AvgIpc) is 3.37. The molecular weight excluding hydrogens is 340 g/mol. The molecule has 3 aliphatic rings. The van der Waals surface area contributed by atoms with Crippen molar-refractivity contribution in [3.8, 4) is 0 Å². The zero-order valence-corrected chi connectivity index (χ0v) is 16.8. The number of fused-ring (bicyclic) bond motifs is 1. The quantitative estimate of drug-likeness (QED) is 0.485. The molecule has 1 aromatic rings. The van der Waals surface area contributed by atoms with E-state index in [1.165, 1.54) is 37.9 Å². The molecule has 0 saturated carbocycles. The van der Waals surface area contributed by atoms with Crippen LogP contribution in [-0.2, 0) is 24.1 Å². The van der Waals surface area contributed by atoms with Gasteiger partial charge in [-0.25, -0.2) is 0 Å². The lowest BCUT2D eigenvalue weighted by Gasteiger charge is -2.25. The summed E-state index contributed by atoms with van der Waals surface area (Å²) in [4.78, 5) is 7.35. The molecule has 0 amide bonds. The molecule has 1 unspecified atom stereocenters. The molecule has 0 aromatic carbocycles. The van der Waals surface area contributed by atoms with Crippen molar-refractivity contribution >= 4 is 5.96 Å². The fourth-order valence-electron chi connectivity index (χ4n) is 4.67. The molecular formula is C20H34N6O. The number of aromatic nitrogens is 3. The molecule has 4 rings (SSSR count). The van der Waals surface area contributed by atoms with Crippen LogP contribution in [0.15, 0.2) is 4.99 Å². The number of guanidine groups is 1. The second-order valence-corrected chi connectivity index (χ2v) is 8.31. The first kappa shape index (κ1) is 18.7. The van der Waals surface area contributed by atoms with Gasteiger partial charge in [0, 0.05) is 57.6 Å². The molecule has 2 saturated heterocycles. The number of hydrogen-bond acceptors (Lipinski definition) is 4. The molecule has 0 aliphatic carbocycles. The lowest BCUT2D eigenvalue weighted by Crippen LogP contribution is -2.41. The van der Waals surface area contributed by atoms with Crippen molar-refractivity contribution in [1.29, 1.82) is 0 Å². The summed E-state index contributed by atoms with van der Waals surface area (Å²) >= 11 is 0. The highest BCUT2D eigenvalue weighted by Gasteiger charge is 2.42. The van der Waals surface area contributed by atoms with Crippen LogP contribution in [0, 0.1) is 5.41 Å². The summed E-state index contributed by atoms with van der Waals surface area (Å²) in [7, 11) is 0. The van der Waals surface area contributed by atoms with Crippen molar-refractivity contribution in [2.45, 2.75) is 64.8 Å². The Kier molecular flexibility index (Phi) is 5.95. The number of aryl methyl sites for hydroxylation is 2. The van der Waals surface area contributed by atoms with E-state index in [1.807, 2.05) is 0 Å². The maximum atomic E-state index is 5.66. The minimum Gasteiger partial charge on any atom is -0.381 e. The summed E-state index contributed by atoms with van der Waals surface area (Å²) < 4.78 is 8.02. The normalized spacial score (nSPS) is 25.8. The van der Waals surface area contributed by atoms with Gasteiger partial charge in [-0.3, -0.25) is 4.99 Å². The molecule has 2 fully saturated rings. The van der Waals surface area contributed by atoms with Gasteiger partial charge in [0.25, 0.3) is 0 Å². The number of aliphatic imine (C=N–C) groups is 1. The molecule has 7 heteroatoms. The molecule has 0 bridgehead atoms. The summed E-state index contributed by atoms with van der Waals surface area (Å²) in [6, 6.07) is 0. The lowest BCUT2D eigenvalue weighted by molar-refractivity contribution is 0.156. The number of nitrogens with zero attached hydrogens (tertiary/aromatic N) is 5. The second kappa shape index (κ2) is 8.59. The fourth-order valence-corrected chi connectivity index (χ4v) is 4.67. The van der Waals surface area contributed by atoms with Gasteiger partial charge in [-0.15, -0.1) is 10.2 Å². The largest absolute Gasteiger partial charge is 0.381 e. The van der Waals surface area contributed by atoms with E-state index in [4.69, 9.17) is 9.73 Å². The van der Waals surface area contributed by atoms with E-state index in [1.54, 1.807) is 0 Å². The number of ether oxygens (including phenoxy) is 1. The van der Waals surface area contributed by atoms with Crippen molar-refractivity contribution in [1.82, 2.24) is 25.0 Å². The third-order valence-corrected chi connectivity index (χ3v) is 6.26. The number of likely N-dealkylation sites (tertiary alicyclic amines) is 1. The number of hydrogen-bond donors (Lipinski definition) is 1. The van der Waals surface area contributed by atoms with Gasteiger partial charge in [0.15, 0.2) is 5.96 Å². The standard InChI is InChI=1S/C20H34N6O/c1-2-21-19(25-13-9-20(15-25)10-14-27-16-20)22-11-6-8-18-24-23-17-7-4-3-5-12-26(17)18/h2-16H2,1H3,(H,21,22). The van der Waals surface area contributed by atoms with E-state index in [9.17, 15) is 0 Å². The maximum Gasteiger partial charge on any atom is 0.193 e. The lowest BCUT2D eigenvalue weighted by atomic mass is 9.87. The monoisotopic (exact) mass is 374 g/mol. The smallest absolute Gasteiger partial charge is 0.193 e. The van der Waals surface area contributed by atoms with Crippen molar-refractivity contribution in [3.05, 3.63) is 11.6 Å². The topological polar surface area (TPSA) is 67.6 Å². The second-order valence-electron chi connectivity index (χ2n) is 8.31. The fraction of sp³-hybridized carbons (Fsp3) is 0.850. The summed E-state index contributed by atoms with van der Waals surface area (Å²) in [5.74, 6) is 3.40. The Balaban J connectivity index is 1.31. The van der Waals surface area contributed by atoms with Crippen molar-refractivity contribution in [2.75, 3.05) is 39.4 Å². The molecule has 4 heterocycles. The number of nitrogens with one attached hydrogen (secondary N) is 1. The predicted molar refractivity (Wildman–Crippen MR) is 106 cm³/mol. The van der Waals surface area contributed by atoms with Gasteiger partial charge in [0.2, 0.25) is 0 Å². The van der Waals surface area contributed by atoms with Gasteiger partial charge in [0.1, 0.15) is 11.6 Å². The van der Waals surface area contributed by atoms with Gasteiger partial charge in [-0.1, -0.05) is 6.42 Å². The summed E-state index contributed by atoms with van der Waals surface area (Å²) in [6.07, 6.45) is 9.29. The highest BCUT2D eigenvalue weighted by molar-refractivity contribution is 5.80. The zero-order chi connectivity index (χ0) is 18.5. The van der Waals surface area contributed by atoms with Crippen LogP contribution in [0.25, 0.3) is 0 Å². The highest BCUT2D eigenvalue weighted by atomic mass is 16.5. The highest BCUT2D eigenvalue weighted by Crippen LogP contribution is 2.38. The van der Waals surface area contributed by atoms with E-state index >= 15 is 0 Å². The van der Waals surface area contributed by atoms with Crippen LogP contribution in [-0.4, -0.2) is 65.0 Å². The van der Waals surface area contributed by atoms with Crippen molar-refractivity contribution in [3.63, 3.8) is 0 Å². The Morgan fingerprint density at radius 1 is 1.22 bits per heavy atom. The Labute approximate surface area is 162 Å². The molecule has 1 spiro atoms. The van der Waals surface area contributed by atoms with Gasteiger partial charge in [-0.2, -0.15) is 0 Å². The first-order valence-electron chi connectivity index (χ1n) is 10.8. The van der Waals surface area contributed by atoms with Crippen LogP contribution in [0.1, 0.15) is 57.1 Å². The van der Waals surface area contributed by atoms with Crippen LogP contribution >= 0.6 is 0 Å². The van der Waals surface area contributed by atoms with E-state index in [-0.39, 0.29) is 0 Å². The molecule has 1 N–H and O–H groups in total. The summed E-state index contributed by atoms with van der Waals surface area (Å²) in [6.45, 7) is 8.99. The third-order valence-electron chi connectivity index (χ3n) is 6.26. The molecule has 150 valence electrons. The first-order chi connectivity index (χ1) is 13.3. The molecule has 0 radical (unpaired) electrons. The molecule has 3 aliphatic heterocycles. The summed E-state index contributed by atoms with van der Waals surface area (Å²) in [5, 5.41) is 12.3. The minimum absolute atomic E-state index is 0.370. The van der Waals surface area contributed by atoms with Crippen LogP contribution < -0.4 is 5.32 Å². The van der Waals surface area contributed by atoms with E-state index < -0.39 is 0 Å². The maximum absolute atomic E-state index is 5.66. The van der Waals surface area contributed by atoms with Gasteiger partial charge >= 0.3 is 0 Å². The zero-order valence-electron chi connectivity index (χ0n) is 16.8. The first-order valence-corrected chi connectivity index (χ1v) is 10.8. The molecule has 27 heavy (non-hydrogen) atoms. The Morgan fingerprint density at radius 3 is 3.04 bits per heavy atom. The van der Waals surface area contributed by atoms with Gasteiger partial charge < -0.3 is 19.5 Å². The van der Waals surface area contributed by atoms with Crippen molar-refractivity contribution < 1.29 is 4.74 Å². The van der Waals surface area contributed by atoms with E-state index in [0.29, 0.717) is 5.41 Å². The van der Waals surface area contributed by atoms with Crippen LogP contribution in [0.2, 0.25) is 0 Å². The van der Waals surface area contributed by atoms with Crippen LogP contribution in [0.5, 0.6) is 0 Å². The summed E-state index contributed by atoms with van der Waals surface area (Å²) in [5.41, 5.74) is 0.370. The average molecular weight is 375 g/mol. The van der Waals surface area contributed by atoms with E-state index in [0.717, 1.165) is 77.0 Å². The SMILES string of the molecule is CCNC(=NCCCc1nnc2n1CCCCC2)N1CCC2(CCOC2)C1. The third kappa shape index (κ3) is 4.28. The van der Waals surface area contributed by atoms with Crippen LogP contribution in [0.4, 0.5) is 0 Å². The Hall–Kier alpha value is -1.63. The molecule has 1 aromatic heterocycles. The Morgan fingerprint density at radius 2 is 2.19 bits per heavy atom. The van der Waals surface area contributed by atoms with Crippen LogP contribution in [0.3, 0.4) is 0 Å².